The lowest BCUT2D eigenvalue weighted by atomic mass is 10.1. The van der Waals surface area contributed by atoms with Crippen LogP contribution in [0.25, 0.3) is 0 Å². The molecule has 2 aromatic carbocycles. The van der Waals surface area contributed by atoms with Gasteiger partial charge in [-0.05, 0) is 42.0 Å². The minimum Gasteiger partial charge on any atom is -0.481 e. The fraction of sp³-hybridized carbons (Fsp3) is 0.0714. The molecule has 0 amide bonds. The van der Waals surface area contributed by atoms with Gasteiger partial charge in [0, 0.05) is 20.5 Å². The number of benzene rings is 2. The Morgan fingerprint density at radius 3 is 2.47 bits per heavy atom. The first-order valence-electron chi connectivity index (χ1n) is 5.58. The lowest BCUT2D eigenvalue weighted by Gasteiger charge is -2.07. The highest BCUT2D eigenvalue weighted by atomic mass is 35.5. The van der Waals surface area contributed by atoms with Crippen LogP contribution in [0, 0.1) is 0 Å². The minimum atomic E-state index is -0.863. The molecule has 0 bridgehead atoms. The highest BCUT2D eigenvalue weighted by Crippen LogP contribution is 2.33. The smallest absolute Gasteiger partial charge is 0.307 e. The van der Waals surface area contributed by atoms with Crippen molar-refractivity contribution in [3.8, 4) is 0 Å². The van der Waals surface area contributed by atoms with Crippen molar-refractivity contribution in [2.75, 3.05) is 5.73 Å². The number of anilines is 1. The van der Waals surface area contributed by atoms with E-state index in [9.17, 15) is 4.79 Å². The molecule has 3 N–H and O–H groups in total. The molecule has 0 spiro atoms. The van der Waals surface area contributed by atoms with Crippen molar-refractivity contribution < 1.29 is 9.90 Å². The van der Waals surface area contributed by atoms with Crippen molar-refractivity contribution in [1.82, 2.24) is 0 Å². The maximum Gasteiger partial charge on any atom is 0.307 e. The number of hydrogen-bond donors (Lipinski definition) is 2. The molecule has 98 valence electrons. The molecule has 3 nitrogen and oxygen atoms in total. The van der Waals surface area contributed by atoms with Crippen LogP contribution in [-0.4, -0.2) is 11.1 Å². The maximum atomic E-state index is 10.6. The predicted molar refractivity (Wildman–Crippen MR) is 77.8 cm³/mol. The van der Waals surface area contributed by atoms with Crippen LogP contribution in [0.15, 0.2) is 52.3 Å². The van der Waals surface area contributed by atoms with Gasteiger partial charge in [-0.1, -0.05) is 29.4 Å². The maximum absolute atomic E-state index is 10.6. The highest BCUT2D eigenvalue weighted by Gasteiger charge is 2.06. The van der Waals surface area contributed by atoms with Gasteiger partial charge in [0.2, 0.25) is 0 Å². The van der Waals surface area contributed by atoms with Crippen molar-refractivity contribution in [2.45, 2.75) is 16.2 Å². The summed E-state index contributed by atoms with van der Waals surface area (Å²) in [5.41, 5.74) is 7.22. The number of carbonyl (C=O) groups is 1. The Balaban J connectivity index is 2.17. The summed E-state index contributed by atoms with van der Waals surface area (Å²) in [6, 6.07) is 12.8. The van der Waals surface area contributed by atoms with E-state index >= 15 is 0 Å². The van der Waals surface area contributed by atoms with Crippen LogP contribution in [0.4, 0.5) is 5.69 Å². The number of nitrogens with two attached hydrogens (primary N) is 1. The Morgan fingerprint density at radius 2 is 1.89 bits per heavy atom. The number of carboxylic acids is 1. The largest absolute Gasteiger partial charge is 0.481 e. The lowest BCUT2D eigenvalue weighted by Crippen LogP contribution is -2.01. The third kappa shape index (κ3) is 3.91. The van der Waals surface area contributed by atoms with Crippen LogP contribution in [-0.2, 0) is 11.2 Å². The summed E-state index contributed by atoms with van der Waals surface area (Å²) in [6.07, 6.45) is -0.0178. The lowest BCUT2D eigenvalue weighted by molar-refractivity contribution is -0.136. The molecular weight excluding hydrogens is 282 g/mol. The molecule has 0 aliphatic heterocycles. The first-order chi connectivity index (χ1) is 9.04. The zero-order valence-electron chi connectivity index (χ0n) is 9.97. The molecule has 0 heterocycles. The SMILES string of the molecule is Nc1cc(CC(=O)O)ccc1Sc1ccc(Cl)cc1. The van der Waals surface area contributed by atoms with Gasteiger partial charge in [-0.15, -0.1) is 0 Å². The summed E-state index contributed by atoms with van der Waals surface area (Å²) >= 11 is 7.35. The molecule has 0 radical (unpaired) electrons. The van der Waals surface area contributed by atoms with Gasteiger partial charge < -0.3 is 10.8 Å². The predicted octanol–water partition coefficient (Wildman–Crippen LogP) is 3.70. The van der Waals surface area contributed by atoms with E-state index in [2.05, 4.69) is 0 Å². The van der Waals surface area contributed by atoms with Crippen LogP contribution in [0.5, 0.6) is 0 Å². The number of nitrogen functional groups attached to an aromatic ring is 1. The average Bonchev–Trinajstić information content (AvgIpc) is 2.34. The molecule has 0 fully saturated rings. The molecule has 0 atom stereocenters. The molecule has 2 rings (SSSR count). The quantitative estimate of drug-likeness (QED) is 0.844. The second kappa shape index (κ2) is 5.99. The van der Waals surface area contributed by atoms with Gasteiger partial charge in [-0.3, -0.25) is 4.79 Å². The fourth-order valence-electron chi connectivity index (χ4n) is 1.61. The monoisotopic (exact) mass is 293 g/mol. The summed E-state index contributed by atoms with van der Waals surface area (Å²) < 4.78 is 0. The summed E-state index contributed by atoms with van der Waals surface area (Å²) in [4.78, 5) is 12.6. The van der Waals surface area contributed by atoms with Crippen molar-refractivity contribution in [3.63, 3.8) is 0 Å². The van der Waals surface area contributed by atoms with Gasteiger partial charge in [-0.2, -0.15) is 0 Å². The summed E-state index contributed by atoms with van der Waals surface area (Å²) in [5, 5.41) is 9.42. The van der Waals surface area contributed by atoms with Crippen molar-refractivity contribution in [1.29, 1.82) is 0 Å². The van der Waals surface area contributed by atoms with E-state index in [1.54, 1.807) is 12.1 Å². The normalized spacial score (nSPS) is 10.4. The van der Waals surface area contributed by atoms with Gasteiger partial charge in [0.15, 0.2) is 0 Å². The summed E-state index contributed by atoms with van der Waals surface area (Å²) in [5.74, 6) is -0.863. The van der Waals surface area contributed by atoms with Gasteiger partial charge in [0.25, 0.3) is 0 Å². The van der Waals surface area contributed by atoms with Crippen LogP contribution < -0.4 is 5.73 Å². The average molecular weight is 294 g/mol. The molecule has 0 unspecified atom stereocenters. The Kier molecular flexibility index (Phi) is 4.35. The number of halogens is 1. The molecule has 2 aromatic rings. The topological polar surface area (TPSA) is 63.3 Å². The van der Waals surface area contributed by atoms with Gasteiger partial charge in [0.1, 0.15) is 0 Å². The molecule has 5 heteroatoms. The minimum absolute atomic E-state index is 0.0178. The molecule has 0 saturated carbocycles. The van der Waals surface area contributed by atoms with E-state index in [-0.39, 0.29) is 6.42 Å². The molecule has 0 aliphatic rings. The summed E-state index contributed by atoms with van der Waals surface area (Å²) in [7, 11) is 0. The van der Waals surface area contributed by atoms with Crippen molar-refractivity contribution in [2.24, 2.45) is 0 Å². The Bertz CT molecular complexity index is 599. The molecule has 0 saturated heterocycles. The standard InChI is InChI=1S/C14H12ClNO2S/c15-10-2-4-11(5-3-10)19-13-6-1-9(7-12(13)16)8-14(17)18/h1-7H,8,16H2,(H,17,18). The van der Waals surface area contributed by atoms with E-state index in [0.717, 1.165) is 9.79 Å². The molecular formula is C14H12ClNO2S. The zero-order chi connectivity index (χ0) is 13.8. The number of hydrogen-bond acceptors (Lipinski definition) is 3. The second-order valence-corrected chi connectivity index (χ2v) is 5.55. The molecule has 19 heavy (non-hydrogen) atoms. The third-order valence-electron chi connectivity index (χ3n) is 2.47. The Hall–Kier alpha value is -1.65. The second-order valence-electron chi connectivity index (χ2n) is 4.00. The van der Waals surface area contributed by atoms with Crippen molar-refractivity contribution in [3.05, 3.63) is 53.1 Å². The number of carboxylic acid groups (broad SMARTS) is 1. The third-order valence-corrected chi connectivity index (χ3v) is 3.82. The zero-order valence-corrected chi connectivity index (χ0v) is 11.5. The van der Waals surface area contributed by atoms with Crippen LogP contribution in [0.3, 0.4) is 0 Å². The highest BCUT2D eigenvalue weighted by molar-refractivity contribution is 7.99. The number of aliphatic carboxylic acids is 1. The Morgan fingerprint density at radius 1 is 1.21 bits per heavy atom. The number of rotatable bonds is 4. The van der Waals surface area contributed by atoms with E-state index in [1.165, 1.54) is 11.8 Å². The van der Waals surface area contributed by atoms with Crippen LogP contribution in [0.1, 0.15) is 5.56 Å². The van der Waals surface area contributed by atoms with Crippen LogP contribution in [0.2, 0.25) is 5.02 Å². The van der Waals surface area contributed by atoms with E-state index in [1.807, 2.05) is 30.3 Å². The van der Waals surface area contributed by atoms with E-state index in [4.69, 9.17) is 22.4 Å². The molecule has 0 aliphatic carbocycles. The van der Waals surface area contributed by atoms with Crippen molar-refractivity contribution >= 4 is 35.0 Å². The fourth-order valence-corrected chi connectivity index (χ4v) is 2.57. The van der Waals surface area contributed by atoms with Gasteiger partial charge >= 0.3 is 5.97 Å². The van der Waals surface area contributed by atoms with Gasteiger partial charge in [0.05, 0.1) is 6.42 Å². The summed E-state index contributed by atoms with van der Waals surface area (Å²) in [6.45, 7) is 0. The van der Waals surface area contributed by atoms with E-state index < -0.39 is 5.97 Å². The Labute approximate surface area is 120 Å². The van der Waals surface area contributed by atoms with Crippen LogP contribution >= 0.6 is 23.4 Å². The first-order valence-corrected chi connectivity index (χ1v) is 6.77. The first kappa shape index (κ1) is 13.8. The van der Waals surface area contributed by atoms with Gasteiger partial charge in [-0.25, -0.2) is 0 Å². The molecule has 0 aromatic heterocycles. The van der Waals surface area contributed by atoms with E-state index in [0.29, 0.717) is 16.3 Å².